The number of amides is 1. The number of hydrogen-bond acceptors (Lipinski definition) is 5. The minimum absolute atomic E-state index is 0.0228. The molecule has 2 unspecified atom stereocenters. The van der Waals surface area contributed by atoms with Crippen molar-refractivity contribution in [3.05, 3.63) is 36.5 Å². The highest BCUT2D eigenvalue weighted by Gasteiger charge is 2.18. The van der Waals surface area contributed by atoms with Crippen LogP contribution in [0.3, 0.4) is 0 Å². The van der Waals surface area contributed by atoms with Crippen LogP contribution in [0.4, 0.5) is 0 Å². The van der Waals surface area contributed by atoms with Gasteiger partial charge in [-0.3, -0.25) is 9.59 Å². The highest BCUT2D eigenvalue weighted by atomic mass is 16.5. The monoisotopic (exact) mass is 1240 g/mol. The van der Waals surface area contributed by atoms with Crippen LogP contribution in [-0.2, 0) is 14.3 Å². The largest absolute Gasteiger partial charge is 0.466 e. The summed E-state index contributed by atoms with van der Waals surface area (Å²) in [7, 11) is 0. The van der Waals surface area contributed by atoms with Crippen LogP contribution in [0.25, 0.3) is 0 Å². The number of esters is 1. The molecule has 0 aliphatic heterocycles. The van der Waals surface area contributed by atoms with Gasteiger partial charge < -0.3 is 20.3 Å². The van der Waals surface area contributed by atoms with Gasteiger partial charge in [-0.05, 0) is 64.2 Å². The van der Waals surface area contributed by atoms with E-state index in [-0.39, 0.29) is 18.5 Å². The van der Waals surface area contributed by atoms with Crippen molar-refractivity contribution < 1.29 is 24.5 Å². The average Bonchev–Trinajstić information content (AvgIpc) is 3.58. The predicted octanol–water partition coefficient (Wildman–Crippen LogP) is 26.6. The molecule has 0 aliphatic rings. The molecule has 88 heavy (non-hydrogen) atoms. The van der Waals surface area contributed by atoms with E-state index in [0.717, 1.165) is 44.9 Å². The Labute approximate surface area is 551 Å². The second-order valence-electron chi connectivity index (χ2n) is 27.8. The molecule has 0 spiro atoms. The van der Waals surface area contributed by atoms with Gasteiger partial charge in [-0.2, -0.15) is 0 Å². The highest BCUT2D eigenvalue weighted by Crippen LogP contribution is 2.20. The number of carbonyl (C=O) groups excluding carboxylic acids is 2. The van der Waals surface area contributed by atoms with Crippen molar-refractivity contribution in [3.63, 3.8) is 0 Å². The summed E-state index contributed by atoms with van der Waals surface area (Å²) in [6, 6.07) is -0.626. The Kier molecular flexibility index (Phi) is 75.8. The third kappa shape index (κ3) is 73.1. The van der Waals surface area contributed by atoms with Gasteiger partial charge in [0.15, 0.2) is 0 Å². The van der Waals surface area contributed by atoms with E-state index in [1.165, 1.54) is 379 Å². The molecule has 0 rings (SSSR count). The smallest absolute Gasteiger partial charge is 0.305 e. The van der Waals surface area contributed by atoms with Crippen molar-refractivity contribution in [3.8, 4) is 0 Å². The first kappa shape index (κ1) is 86.1. The SMILES string of the molecule is CCCCCCCCCCCCCCCCCC/C=C/C(O)C(CO)NC(=O)CCCCCCCCCCCCCCCCCCC/C=C\C/C=C\CCCCCCCCCCCCCCCOC(=O)CCCCCCCCCCCCCCCCCC. The molecule has 0 aromatic carbocycles. The average molecular weight is 1240 g/mol. The van der Waals surface area contributed by atoms with E-state index in [0.29, 0.717) is 19.4 Å². The molecule has 0 aromatic rings. The lowest BCUT2D eigenvalue weighted by Gasteiger charge is -2.20. The van der Waals surface area contributed by atoms with Gasteiger partial charge in [-0.1, -0.05) is 410 Å². The van der Waals surface area contributed by atoms with Gasteiger partial charge in [-0.25, -0.2) is 0 Å². The number of ether oxygens (including phenoxy) is 1. The van der Waals surface area contributed by atoms with E-state index in [4.69, 9.17) is 4.74 Å². The van der Waals surface area contributed by atoms with Gasteiger partial charge in [0, 0.05) is 12.8 Å². The molecule has 6 heteroatoms. The van der Waals surface area contributed by atoms with Crippen molar-refractivity contribution in [1.82, 2.24) is 5.32 Å². The van der Waals surface area contributed by atoms with Gasteiger partial charge in [0.25, 0.3) is 0 Å². The van der Waals surface area contributed by atoms with Crippen molar-refractivity contribution in [2.75, 3.05) is 13.2 Å². The lowest BCUT2D eigenvalue weighted by atomic mass is 10.0. The number of aliphatic hydroxyl groups excluding tert-OH is 2. The minimum Gasteiger partial charge on any atom is -0.466 e. The lowest BCUT2D eigenvalue weighted by molar-refractivity contribution is -0.143. The summed E-state index contributed by atoms with van der Waals surface area (Å²) in [5, 5.41) is 23.2. The van der Waals surface area contributed by atoms with E-state index in [2.05, 4.69) is 43.5 Å². The fraction of sp³-hybridized carbons (Fsp3) is 0.902. The number of rotatable bonds is 76. The van der Waals surface area contributed by atoms with E-state index >= 15 is 0 Å². The lowest BCUT2D eigenvalue weighted by Crippen LogP contribution is -2.45. The molecule has 0 aliphatic carbocycles. The summed E-state index contributed by atoms with van der Waals surface area (Å²) in [6.07, 6.45) is 101. The first-order valence-electron chi connectivity index (χ1n) is 40.3. The fourth-order valence-electron chi connectivity index (χ4n) is 12.8. The predicted molar refractivity (Wildman–Crippen MR) is 389 cm³/mol. The molecular formula is C82H157NO5. The molecule has 0 bridgehead atoms. The van der Waals surface area contributed by atoms with Gasteiger partial charge in [0.05, 0.1) is 25.4 Å². The highest BCUT2D eigenvalue weighted by molar-refractivity contribution is 5.76. The summed E-state index contributed by atoms with van der Waals surface area (Å²) in [5.41, 5.74) is 0. The Hall–Kier alpha value is -1.92. The Morgan fingerprint density at radius 1 is 0.318 bits per heavy atom. The van der Waals surface area contributed by atoms with Crippen LogP contribution < -0.4 is 5.32 Å². The molecule has 0 saturated heterocycles. The molecule has 520 valence electrons. The summed E-state index contributed by atoms with van der Waals surface area (Å²) in [4.78, 5) is 24.6. The quantitative estimate of drug-likeness (QED) is 0.0320. The van der Waals surface area contributed by atoms with E-state index in [1.807, 2.05) is 6.08 Å². The number of aliphatic hydroxyl groups is 2. The molecule has 1 amide bonds. The summed E-state index contributed by atoms with van der Waals surface area (Å²) in [6.45, 7) is 4.96. The molecule has 0 heterocycles. The van der Waals surface area contributed by atoms with Crippen LogP contribution in [0.2, 0.25) is 0 Å². The standard InChI is InChI=1S/C82H157NO5/c1-3-5-7-9-11-13-15-17-19-21-43-46-50-54-58-62-66-70-74-80(85)79(78-84)83-81(86)75-71-67-63-59-55-51-47-44-41-39-37-35-33-31-29-27-25-23-22-24-26-28-30-32-34-36-38-40-42-45-49-53-57-61-65-69-73-77-88-82(87)76-72-68-64-60-56-52-48-20-18-16-14-12-10-8-6-4-2/h22,24,28,30,70,74,79-80,84-85H,3-21,23,25-27,29,31-69,71-73,75-78H2,1-2H3,(H,83,86)/b24-22-,30-28-,74-70+. The zero-order valence-electron chi connectivity index (χ0n) is 59.7. The van der Waals surface area contributed by atoms with Crippen molar-refractivity contribution >= 4 is 11.9 Å². The van der Waals surface area contributed by atoms with Crippen LogP contribution in [0.15, 0.2) is 36.5 Å². The van der Waals surface area contributed by atoms with Crippen LogP contribution in [0, 0.1) is 0 Å². The molecule has 0 saturated carbocycles. The molecule has 3 N–H and O–H groups in total. The van der Waals surface area contributed by atoms with E-state index in [1.54, 1.807) is 6.08 Å². The van der Waals surface area contributed by atoms with E-state index < -0.39 is 12.1 Å². The topological polar surface area (TPSA) is 95.9 Å². The molecular weight excluding hydrogens is 1080 g/mol. The first-order chi connectivity index (χ1) is 43.5. The fourth-order valence-corrected chi connectivity index (χ4v) is 12.8. The minimum atomic E-state index is -0.843. The van der Waals surface area contributed by atoms with Gasteiger partial charge in [-0.15, -0.1) is 0 Å². The number of allylic oxidation sites excluding steroid dienone is 5. The van der Waals surface area contributed by atoms with Gasteiger partial charge in [0.2, 0.25) is 5.91 Å². The number of carbonyl (C=O) groups is 2. The maximum Gasteiger partial charge on any atom is 0.305 e. The second-order valence-corrected chi connectivity index (χ2v) is 27.8. The number of unbranched alkanes of at least 4 members (excludes halogenated alkanes) is 61. The maximum absolute atomic E-state index is 12.5. The molecule has 2 atom stereocenters. The Morgan fingerprint density at radius 2 is 0.568 bits per heavy atom. The van der Waals surface area contributed by atoms with Crippen molar-refractivity contribution in [2.24, 2.45) is 0 Å². The number of hydrogen-bond donors (Lipinski definition) is 3. The molecule has 6 nitrogen and oxygen atoms in total. The maximum atomic E-state index is 12.5. The molecule has 0 radical (unpaired) electrons. The summed E-state index contributed by atoms with van der Waals surface area (Å²) >= 11 is 0. The summed E-state index contributed by atoms with van der Waals surface area (Å²) < 4.78 is 5.51. The number of nitrogens with one attached hydrogen (secondary N) is 1. The Bertz CT molecular complexity index is 1430. The van der Waals surface area contributed by atoms with E-state index in [9.17, 15) is 19.8 Å². The van der Waals surface area contributed by atoms with Gasteiger partial charge >= 0.3 is 5.97 Å². The zero-order chi connectivity index (χ0) is 63.5. The van der Waals surface area contributed by atoms with Crippen LogP contribution >= 0.6 is 0 Å². The molecule has 0 aromatic heterocycles. The Morgan fingerprint density at radius 3 is 0.864 bits per heavy atom. The Balaban J connectivity index is 3.37. The second kappa shape index (κ2) is 77.5. The molecule has 0 fully saturated rings. The third-order valence-electron chi connectivity index (χ3n) is 18.9. The normalized spacial score (nSPS) is 12.6. The zero-order valence-corrected chi connectivity index (χ0v) is 59.7. The summed E-state index contributed by atoms with van der Waals surface area (Å²) in [5.74, 6) is -0.0387. The van der Waals surface area contributed by atoms with Gasteiger partial charge in [0.1, 0.15) is 0 Å². The van der Waals surface area contributed by atoms with Crippen molar-refractivity contribution in [2.45, 2.75) is 463 Å². The van der Waals surface area contributed by atoms with Crippen LogP contribution in [-0.4, -0.2) is 47.4 Å². The first-order valence-corrected chi connectivity index (χ1v) is 40.3. The van der Waals surface area contributed by atoms with Crippen LogP contribution in [0.5, 0.6) is 0 Å². The van der Waals surface area contributed by atoms with Crippen LogP contribution in [0.1, 0.15) is 450 Å². The third-order valence-corrected chi connectivity index (χ3v) is 18.9. The van der Waals surface area contributed by atoms with Crippen molar-refractivity contribution in [1.29, 1.82) is 0 Å².